The average Bonchev–Trinajstić information content (AvgIpc) is 1.98. The van der Waals surface area contributed by atoms with Gasteiger partial charge < -0.3 is 16.2 Å². The number of carboxylic acids is 1. The van der Waals surface area contributed by atoms with Gasteiger partial charge in [-0.05, 0) is 19.4 Å². The maximum absolute atomic E-state index is 10.4. The molecular weight excluding hydrogens is 156 g/mol. The molecule has 2 atom stereocenters. The number of nitrogens with one attached hydrogen (secondary N) is 1. The summed E-state index contributed by atoms with van der Waals surface area (Å²) in [6.45, 7) is 4.07. The number of carboxylic acid groups (broad SMARTS) is 1. The summed E-state index contributed by atoms with van der Waals surface area (Å²) in [5.41, 5.74) is 5.39. The Hall–Kier alpha value is -0.610. The molecule has 0 aromatic rings. The zero-order valence-electron chi connectivity index (χ0n) is 7.87. The molecule has 72 valence electrons. The lowest BCUT2D eigenvalue weighted by atomic mass is 9.97. The van der Waals surface area contributed by atoms with E-state index in [1.165, 1.54) is 0 Å². The van der Waals surface area contributed by atoms with E-state index < -0.39 is 12.0 Å². The number of hydrogen-bond donors (Lipinski definition) is 3. The quantitative estimate of drug-likeness (QED) is 0.550. The summed E-state index contributed by atoms with van der Waals surface area (Å²) in [7, 11) is 1.82. The van der Waals surface area contributed by atoms with Gasteiger partial charge in [0.2, 0.25) is 0 Å². The normalized spacial score (nSPS) is 16.1. The van der Waals surface area contributed by atoms with Gasteiger partial charge in [-0.3, -0.25) is 4.79 Å². The van der Waals surface area contributed by atoms with Crippen LogP contribution in [-0.4, -0.2) is 30.2 Å². The van der Waals surface area contributed by atoms with Crippen molar-refractivity contribution >= 4 is 5.97 Å². The molecule has 0 aromatic carbocycles. The summed E-state index contributed by atoms with van der Waals surface area (Å²) in [6, 6.07) is -0.582. The van der Waals surface area contributed by atoms with E-state index in [1.807, 2.05) is 20.9 Å². The molecule has 0 aliphatic heterocycles. The summed E-state index contributed by atoms with van der Waals surface area (Å²) in [4.78, 5) is 10.4. The highest BCUT2D eigenvalue weighted by molar-refractivity contribution is 5.73. The zero-order valence-corrected chi connectivity index (χ0v) is 7.87. The first-order valence-electron chi connectivity index (χ1n) is 4.14. The number of rotatable bonds is 5. The molecule has 0 amide bonds. The molecule has 0 aliphatic carbocycles. The molecule has 0 fully saturated rings. The van der Waals surface area contributed by atoms with Gasteiger partial charge in [0, 0.05) is 6.04 Å². The molecule has 0 aromatic heterocycles. The van der Waals surface area contributed by atoms with Crippen LogP contribution in [-0.2, 0) is 4.79 Å². The van der Waals surface area contributed by atoms with Crippen molar-refractivity contribution < 1.29 is 9.90 Å². The van der Waals surface area contributed by atoms with Crippen LogP contribution in [0.15, 0.2) is 0 Å². The lowest BCUT2D eigenvalue weighted by molar-refractivity contribution is -0.138. The maximum atomic E-state index is 10.4. The second-order valence-electron chi connectivity index (χ2n) is 3.32. The van der Waals surface area contributed by atoms with Gasteiger partial charge in [0.05, 0.1) is 0 Å². The van der Waals surface area contributed by atoms with Crippen LogP contribution in [0, 0.1) is 5.92 Å². The lowest BCUT2D eigenvalue weighted by Gasteiger charge is -2.21. The first-order valence-corrected chi connectivity index (χ1v) is 4.14. The van der Waals surface area contributed by atoms with E-state index in [9.17, 15) is 4.79 Å². The Bertz CT molecular complexity index is 148. The molecule has 4 nitrogen and oxygen atoms in total. The second kappa shape index (κ2) is 5.11. The molecule has 2 unspecified atom stereocenters. The van der Waals surface area contributed by atoms with E-state index in [1.54, 1.807) is 0 Å². The van der Waals surface area contributed by atoms with E-state index in [4.69, 9.17) is 10.8 Å². The predicted molar refractivity (Wildman–Crippen MR) is 47.9 cm³/mol. The van der Waals surface area contributed by atoms with Gasteiger partial charge in [0.1, 0.15) is 6.04 Å². The van der Waals surface area contributed by atoms with Crippen molar-refractivity contribution in [1.29, 1.82) is 0 Å². The molecule has 0 spiro atoms. The Labute approximate surface area is 73.1 Å². The molecule has 0 radical (unpaired) electrons. The number of nitrogens with two attached hydrogens (primary N) is 1. The lowest BCUT2D eigenvalue weighted by Crippen LogP contribution is -2.41. The predicted octanol–water partition coefficient (Wildman–Crippen LogP) is 0.0324. The van der Waals surface area contributed by atoms with E-state index in [0.717, 1.165) is 0 Å². The van der Waals surface area contributed by atoms with Crippen molar-refractivity contribution in [3.8, 4) is 0 Å². The van der Waals surface area contributed by atoms with Crippen LogP contribution in [0.4, 0.5) is 0 Å². The van der Waals surface area contributed by atoms with Crippen LogP contribution in [0.25, 0.3) is 0 Å². The second-order valence-corrected chi connectivity index (χ2v) is 3.32. The van der Waals surface area contributed by atoms with E-state index >= 15 is 0 Å². The standard InChI is InChI=1S/C8H18N2O2/c1-5(2)7(10-3)4-6(9)8(11)12/h5-7,10H,4,9H2,1-3H3,(H,11,12). The average molecular weight is 174 g/mol. The van der Waals surface area contributed by atoms with Gasteiger partial charge in [-0.25, -0.2) is 0 Å². The fourth-order valence-corrected chi connectivity index (χ4v) is 1.10. The van der Waals surface area contributed by atoms with Crippen LogP contribution >= 0.6 is 0 Å². The first-order chi connectivity index (χ1) is 5.49. The minimum atomic E-state index is -0.934. The molecule has 12 heavy (non-hydrogen) atoms. The summed E-state index contributed by atoms with van der Waals surface area (Å²) in [5, 5.41) is 11.6. The SMILES string of the molecule is CNC(CC(N)C(=O)O)C(C)C. The molecule has 0 heterocycles. The Morgan fingerprint density at radius 3 is 2.33 bits per heavy atom. The summed E-state index contributed by atoms with van der Waals surface area (Å²) >= 11 is 0. The van der Waals surface area contributed by atoms with E-state index in [0.29, 0.717) is 12.3 Å². The van der Waals surface area contributed by atoms with Gasteiger partial charge >= 0.3 is 5.97 Å². The highest BCUT2D eigenvalue weighted by Gasteiger charge is 2.19. The summed E-state index contributed by atoms with van der Waals surface area (Å²) < 4.78 is 0. The first kappa shape index (κ1) is 11.4. The van der Waals surface area contributed by atoms with Crippen molar-refractivity contribution in [3.05, 3.63) is 0 Å². The van der Waals surface area contributed by atoms with Crippen molar-refractivity contribution in [2.75, 3.05) is 7.05 Å². The minimum Gasteiger partial charge on any atom is -0.480 e. The Balaban J connectivity index is 3.93. The fraction of sp³-hybridized carbons (Fsp3) is 0.875. The van der Waals surface area contributed by atoms with Crippen molar-refractivity contribution in [1.82, 2.24) is 5.32 Å². The van der Waals surface area contributed by atoms with E-state index in [-0.39, 0.29) is 6.04 Å². The third-order valence-corrected chi connectivity index (χ3v) is 2.00. The van der Waals surface area contributed by atoms with Crippen molar-refractivity contribution in [2.45, 2.75) is 32.4 Å². The Morgan fingerprint density at radius 1 is 1.58 bits per heavy atom. The van der Waals surface area contributed by atoms with Gasteiger partial charge in [0.15, 0.2) is 0 Å². The number of hydrogen-bond acceptors (Lipinski definition) is 3. The van der Waals surface area contributed by atoms with Crippen molar-refractivity contribution in [2.24, 2.45) is 11.7 Å². The highest BCUT2D eigenvalue weighted by Crippen LogP contribution is 2.07. The molecule has 0 aliphatic rings. The largest absolute Gasteiger partial charge is 0.480 e. The topological polar surface area (TPSA) is 75.3 Å². The molecule has 4 N–H and O–H groups in total. The van der Waals surface area contributed by atoms with Gasteiger partial charge in [-0.1, -0.05) is 13.8 Å². The monoisotopic (exact) mass is 174 g/mol. The molecule has 4 heteroatoms. The minimum absolute atomic E-state index is 0.177. The van der Waals surface area contributed by atoms with Crippen LogP contribution < -0.4 is 11.1 Å². The Morgan fingerprint density at radius 2 is 2.08 bits per heavy atom. The molecule has 0 bridgehead atoms. The van der Waals surface area contributed by atoms with E-state index in [2.05, 4.69) is 5.32 Å². The van der Waals surface area contributed by atoms with Gasteiger partial charge in [-0.2, -0.15) is 0 Å². The highest BCUT2D eigenvalue weighted by atomic mass is 16.4. The van der Waals surface area contributed by atoms with Crippen LogP contribution in [0.5, 0.6) is 0 Å². The third-order valence-electron chi connectivity index (χ3n) is 2.00. The third kappa shape index (κ3) is 3.69. The van der Waals surface area contributed by atoms with Crippen molar-refractivity contribution in [3.63, 3.8) is 0 Å². The van der Waals surface area contributed by atoms with Gasteiger partial charge in [-0.15, -0.1) is 0 Å². The van der Waals surface area contributed by atoms with Crippen LogP contribution in [0.2, 0.25) is 0 Å². The number of carbonyl (C=O) groups is 1. The molecule has 0 rings (SSSR count). The number of aliphatic carboxylic acids is 1. The van der Waals surface area contributed by atoms with Crippen LogP contribution in [0.1, 0.15) is 20.3 Å². The zero-order chi connectivity index (χ0) is 9.72. The molecule has 0 saturated carbocycles. The maximum Gasteiger partial charge on any atom is 0.320 e. The molecule has 0 saturated heterocycles. The van der Waals surface area contributed by atoms with Crippen LogP contribution in [0.3, 0.4) is 0 Å². The fourth-order valence-electron chi connectivity index (χ4n) is 1.10. The van der Waals surface area contributed by atoms with Gasteiger partial charge in [0.25, 0.3) is 0 Å². The summed E-state index contributed by atoms with van der Waals surface area (Å²) in [5.74, 6) is -0.531. The summed E-state index contributed by atoms with van der Waals surface area (Å²) in [6.07, 6.45) is 0.476. The Kier molecular flexibility index (Phi) is 4.85. The smallest absolute Gasteiger partial charge is 0.320 e. The molecular formula is C8H18N2O2.